The van der Waals surface area contributed by atoms with Gasteiger partial charge in [-0.15, -0.1) is 0 Å². The number of hydrogen-bond acceptors (Lipinski definition) is 1. The van der Waals surface area contributed by atoms with Gasteiger partial charge in [-0.1, -0.05) is 79.6 Å². The van der Waals surface area contributed by atoms with E-state index in [1.54, 1.807) is 24.2 Å². The highest BCUT2D eigenvalue weighted by Gasteiger charge is 2.76. The first-order valence-electron chi connectivity index (χ1n) is 9.64. The predicted molar refractivity (Wildman–Crippen MR) is 108 cm³/mol. The summed E-state index contributed by atoms with van der Waals surface area (Å²) >= 11 is 0. The molecule has 0 saturated carbocycles. The molecule has 1 nitrogen and oxygen atoms in total. The lowest BCUT2D eigenvalue weighted by atomic mass is 10.9. The van der Waals surface area contributed by atoms with Gasteiger partial charge in [0, 0.05) is 0 Å². The van der Waals surface area contributed by atoms with Crippen LogP contribution in [0.2, 0.25) is 48.4 Å². The van der Waals surface area contributed by atoms with Crippen LogP contribution in [0.4, 0.5) is 0 Å². The first kappa shape index (κ1) is 19.9. The van der Waals surface area contributed by atoms with Crippen LogP contribution < -0.4 is 0 Å². The molecule has 1 aliphatic rings. The molecule has 1 saturated heterocycles. The second-order valence-electron chi connectivity index (χ2n) is 7.08. The van der Waals surface area contributed by atoms with Crippen LogP contribution in [-0.2, 0) is 4.12 Å². The minimum atomic E-state index is -1.45. The Balaban J connectivity index is 3.71. The van der Waals surface area contributed by atoms with Crippen molar-refractivity contribution < 1.29 is 4.12 Å². The van der Waals surface area contributed by atoms with E-state index in [1.165, 1.54) is 24.2 Å². The van der Waals surface area contributed by atoms with Crippen molar-refractivity contribution in [1.82, 2.24) is 0 Å². The average Bonchev–Trinajstić information content (AvgIpc) is 2.78. The zero-order chi connectivity index (χ0) is 16.4. The van der Waals surface area contributed by atoms with Crippen molar-refractivity contribution in [2.75, 3.05) is 0 Å². The zero-order valence-corrected chi connectivity index (χ0v) is 20.1. The lowest BCUT2D eigenvalue weighted by molar-refractivity contribution is 0.555. The molecule has 0 bridgehead atoms. The van der Waals surface area contributed by atoms with Crippen LogP contribution in [0.1, 0.15) is 55.4 Å². The van der Waals surface area contributed by atoms with Crippen molar-refractivity contribution in [3.05, 3.63) is 0 Å². The summed E-state index contributed by atoms with van der Waals surface area (Å²) in [5, 5.41) is 0. The standard InChI is InChI=1S/C16H40OSi4/c1-9-18(10-2)17-19(11-3,12-4)21(15-7,16-8)20(18,13-5)14-6/h9-16H2,1-8H3. The molecule has 1 rings (SSSR count). The van der Waals surface area contributed by atoms with E-state index in [2.05, 4.69) is 55.4 Å². The Labute approximate surface area is 137 Å². The number of rotatable bonds is 8. The summed E-state index contributed by atoms with van der Waals surface area (Å²) in [6.45, 7) is 20.2. The van der Waals surface area contributed by atoms with Crippen LogP contribution in [0.15, 0.2) is 0 Å². The Morgan fingerprint density at radius 3 is 0.810 bits per heavy atom. The molecule has 1 aliphatic heterocycles. The van der Waals surface area contributed by atoms with Crippen LogP contribution in [0.25, 0.3) is 0 Å². The molecule has 1 heterocycles. The van der Waals surface area contributed by atoms with Crippen LogP contribution in [0.3, 0.4) is 0 Å². The summed E-state index contributed by atoms with van der Waals surface area (Å²) in [5.74, 6) is 0. The van der Waals surface area contributed by atoms with E-state index in [-0.39, 0.29) is 0 Å². The maximum Gasteiger partial charge on any atom is 0.163 e. The number of hydrogen-bond donors (Lipinski definition) is 0. The van der Waals surface area contributed by atoms with E-state index in [9.17, 15) is 0 Å². The molecular formula is C16H40OSi4. The van der Waals surface area contributed by atoms with Gasteiger partial charge < -0.3 is 4.12 Å². The monoisotopic (exact) mass is 360 g/mol. The molecule has 0 aromatic heterocycles. The fourth-order valence-electron chi connectivity index (χ4n) is 6.73. The second kappa shape index (κ2) is 7.16. The van der Waals surface area contributed by atoms with Gasteiger partial charge in [-0.3, -0.25) is 0 Å². The molecule has 126 valence electrons. The lowest BCUT2D eigenvalue weighted by Crippen LogP contribution is -2.76. The van der Waals surface area contributed by atoms with E-state index in [0.29, 0.717) is 0 Å². The van der Waals surface area contributed by atoms with Gasteiger partial charge in [0.05, 0.1) is 14.2 Å². The molecule has 1 fully saturated rings. The predicted octanol–water partition coefficient (Wildman–Crippen LogP) is 6.20. The molecule has 0 aromatic carbocycles. The van der Waals surface area contributed by atoms with E-state index < -0.39 is 29.9 Å². The Hall–Kier alpha value is 0.828. The summed E-state index contributed by atoms with van der Waals surface area (Å²) in [5.41, 5.74) is 0. The Morgan fingerprint density at radius 2 is 0.667 bits per heavy atom. The van der Waals surface area contributed by atoms with Crippen molar-refractivity contribution in [3.63, 3.8) is 0 Å². The quantitative estimate of drug-likeness (QED) is 0.468. The Kier molecular flexibility index (Phi) is 6.77. The van der Waals surface area contributed by atoms with Crippen molar-refractivity contribution in [2.45, 2.75) is 104 Å². The summed E-state index contributed by atoms with van der Waals surface area (Å²) < 4.78 is 7.53. The minimum Gasteiger partial charge on any atom is -0.460 e. The second-order valence-corrected chi connectivity index (χ2v) is 41.8. The smallest absolute Gasteiger partial charge is 0.163 e. The van der Waals surface area contributed by atoms with Crippen LogP contribution in [0, 0.1) is 0 Å². The molecule has 0 aliphatic carbocycles. The van der Waals surface area contributed by atoms with E-state index in [0.717, 1.165) is 0 Å². The molecule has 0 N–H and O–H groups in total. The van der Waals surface area contributed by atoms with Crippen molar-refractivity contribution in [3.8, 4) is 0 Å². The van der Waals surface area contributed by atoms with E-state index >= 15 is 0 Å². The fourth-order valence-corrected chi connectivity index (χ4v) is 106. The molecule has 0 aromatic rings. The summed E-state index contributed by atoms with van der Waals surface area (Å²) in [7, 11) is -5.30. The van der Waals surface area contributed by atoms with Crippen LogP contribution in [0.5, 0.6) is 0 Å². The first-order valence-corrected chi connectivity index (χ1v) is 22.1. The third kappa shape index (κ3) is 2.21. The maximum atomic E-state index is 7.53. The molecule has 0 amide bonds. The van der Waals surface area contributed by atoms with Crippen molar-refractivity contribution in [2.24, 2.45) is 0 Å². The zero-order valence-electron chi connectivity index (χ0n) is 16.1. The maximum absolute atomic E-state index is 7.53. The largest absolute Gasteiger partial charge is 0.460 e. The topological polar surface area (TPSA) is 9.23 Å². The summed E-state index contributed by atoms with van der Waals surface area (Å²) in [4.78, 5) is 0. The molecule has 21 heavy (non-hydrogen) atoms. The van der Waals surface area contributed by atoms with E-state index in [1.807, 2.05) is 0 Å². The molecule has 0 spiro atoms. The normalized spacial score (nSPS) is 25.1. The lowest BCUT2D eigenvalue weighted by Gasteiger charge is -2.50. The highest BCUT2D eigenvalue weighted by molar-refractivity contribution is 7.87. The van der Waals surface area contributed by atoms with Gasteiger partial charge in [-0.05, 0) is 24.2 Å². The van der Waals surface area contributed by atoms with Crippen LogP contribution in [-0.4, -0.2) is 29.9 Å². The van der Waals surface area contributed by atoms with Crippen LogP contribution >= 0.6 is 0 Å². The average molecular weight is 361 g/mol. The fraction of sp³-hybridized carbons (Fsp3) is 1.00. The first-order chi connectivity index (χ1) is 9.94. The van der Waals surface area contributed by atoms with Gasteiger partial charge >= 0.3 is 0 Å². The van der Waals surface area contributed by atoms with E-state index in [4.69, 9.17) is 4.12 Å². The molecular weight excluding hydrogens is 321 g/mol. The highest BCUT2D eigenvalue weighted by atomic mass is 29.9. The highest BCUT2D eigenvalue weighted by Crippen LogP contribution is 2.56. The third-order valence-corrected chi connectivity index (χ3v) is 75.2. The minimum absolute atomic E-state index is 1.20. The Morgan fingerprint density at radius 1 is 0.429 bits per heavy atom. The summed E-state index contributed by atoms with van der Waals surface area (Å²) in [6.07, 6.45) is 0. The van der Waals surface area contributed by atoms with Gasteiger partial charge in [0.25, 0.3) is 0 Å². The molecule has 0 radical (unpaired) electrons. The SMILES string of the molecule is CC[Si]1(CC)O[Si](CC)(CC)[Si](CC)(CC)[Si]1(CC)CC. The van der Waals surface area contributed by atoms with Crippen molar-refractivity contribution in [1.29, 1.82) is 0 Å². The molecule has 0 unspecified atom stereocenters. The van der Waals surface area contributed by atoms with Gasteiger partial charge in [0.2, 0.25) is 0 Å². The Bertz CT molecular complexity index is 297. The molecule has 0 atom stereocenters. The van der Waals surface area contributed by atoms with Gasteiger partial charge in [-0.25, -0.2) is 0 Å². The summed E-state index contributed by atoms with van der Waals surface area (Å²) in [6, 6.07) is 11.8. The van der Waals surface area contributed by atoms with Gasteiger partial charge in [0.1, 0.15) is 0 Å². The third-order valence-electron chi connectivity index (χ3n) is 7.75. The molecule has 5 heteroatoms. The van der Waals surface area contributed by atoms with Gasteiger partial charge in [0.15, 0.2) is 15.7 Å². The van der Waals surface area contributed by atoms with Crippen molar-refractivity contribution >= 4 is 29.9 Å². The van der Waals surface area contributed by atoms with Gasteiger partial charge in [-0.2, -0.15) is 0 Å².